The Hall–Kier alpha value is -1.55. The molecule has 1 aromatic rings. The van der Waals surface area contributed by atoms with Gasteiger partial charge >= 0.3 is 0 Å². The van der Waals surface area contributed by atoms with E-state index in [1.54, 1.807) is 0 Å². The van der Waals surface area contributed by atoms with Gasteiger partial charge in [-0.25, -0.2) is 0 Å². The Morgan fingerprint density at radius 2 is 2.20 bits per heavy atom. The number of benzene rings is 1. The summed E-state index contributed by atoms with van der Waals surface area (Å²) in [7, 11) is 0. The van der Waals surface area contributed by atoms with E-state index in [1.165, 1.54) is 0 Å². The minimum absolute atomic E-state index is 0.0308. The molecule has 0 saturated heterocycles. The van der Waals surface area contributed by atoms with Crippen LogP contribution < -0.4 is 10.1 Å². The van der Waals surface area contributed by atoms with E-state index < -0.39 is 6.10 Å². The summed E-state index contributed by atoms with van der Waals surface area (Å²) in [6.07, 6.45) is 2.99. The van der Waals surface area contributed by atoms with Gasteiger partial charge in [-0.3, -0.25) is 4.79 Å². The van der Waals surface area contributed by atoms with E-state index in [9.17, 15) is 9.90 Å². The van der Waals surface area contributed by atoms with E-state index in [4.69, 9.17) is 4.74 Å². The minimum atomic E-state index is -0.396. The van der Waals surface area contributed by atoms with Crippen LogP contribution in [0.5, 0.6) is 5.75 Å². The van der Waals surface area contributed by atoms with Gasteiger partial charge in [-0.15, -0.1) is 0 Å². The zero-order valence-electron chi connectivity index (χ0n) is 12.2. The van der Waals surface area contributed by atoms with Crippen LogP contribution in [-0.2, 0) is 11.2 Å². The van der Waals surface area contributed by atoms with Crippen molar-refractivity contribution in [2.45, 2.75) is 51.7 Å². The molecule has 0 bridgehead atoms. The largest absolute Gasteiger partial charge is 0.483 e. The molecule has 1 atom stereocenters. The molecule has 0 radical (unpaired) electrons. The van der Waals surface area contributed by atoms with E-state index in [-0.39, 0.29) is 18.6 Å². The van der Waals surface area contributed by atoms with E-state index >= 15 is 0 Å². The summed E-state index contributed by atoms with van der Waals surface area (Å²) in [5.74, 6) is 0.633. The molecule has 0 saturated carbocycles. The first kappa shape index (κ1) is 14.9. The van der Waals surface area contributed by atoms with Crippen molar-refractivity contribution in [2.75, 3.05) is 6.61 Å². The first-order chi connectivity index (χ1) is 9.65. The number of nitrogens with one attached hydrogen (secondary N) is 1. The molecule has 2 rings (SSSR count). The number of hydrogen-bond donors (Lipinski definition) is 2. The van der Waals surface area contributed by atoms with Crippen LogP contribution in [0.3, 0.4) is 0 Å². The van der Waals surface area contributed by atoms with Gasteiger partial charge in [-0.05, 0) is 37.3 Å². The monoisotopic (exact) mass is 277 g/mol. The van der Waals surface area contributed by atoms with Crippen molar-refractivity contribution in [1.29, 1.82) is 0 Å². The van der Waals surface area contributed by atoms with Crippen LogP contribution in [-0.4, -0.2) is 23.7 Å². The van der Waals surface area contributed by atoms with Gasteiger partial charge < -0.3 is 15.2 Å². The molecule has 20 heavy (non-hydrogen) atoms. The molecule has 4 nitrogen and oxygen atoms in total. The first-order valence-electron chi connectivity index (χ1n) is 7.37. The molecule has 1 aliphatic carbocycles. The van der Waals surface area contributed by atoms with E-state index in [0.717, 1.165) is 42.6 Å². The summed E-state index contributed by atoms with van der Waals surface area (Å²) in [5.41, 5.74) is 1.97. The smallest absolute Gasteiger partial charge is 0.258 e. The number of carbonyl (C=O) groups is 1. The molecular weight excluding hydrogens is 254 g/mol. The van der Waals surface area contributed by atoms with Gasteiger partial charge in [0.05, 0.1) is 6.10 Å². The molecule has 1 aliphatic rings. The minimum Gasteiger partial charge on any atom is -0.483 e. The van der Waals surface area contributed by atoms with Crippen LogP contribution in [0.2, 0.25) is 0 Å². The Balaban J connectivity index is 1.94. The Morgan fingerprint density at radius 3 is 2.90 bits per heavy atom. The van der Waals surface area contributed by atoms with Crippen molar-refractivity contribution in [2.24, 2.45) is 0 Å². The summed E-state index contributed by atoms with van der Waals surface area (Å²) >= 11 is 0. The van der Waals surface area contributed by atoms with Crippen molar-refractivity contribution < 1.29 is 14.6 Å². The van der Waals surface area contributed by atoms with Crippen molar-refractivity contribution in [3.05, 3.63) is 29.3 Å². The molecule has 0 aromatic heterocycles. The van der Waals surface area contributed by atoms with Gasteiger partial charge in [-0.2, -0.15) is 0 Å². The number of amides is 1. The highest BCUT2D eigenvalue weighted by molar-refractivity contribution is 5.77. The molecule has 0 spiro atoms. The third-order valence-electron chi connectivity index (χ3n) is 3.91. The van der Waals surface area contributed by atoms with Crippen molar-refractivity contribution in [3.63, 3.8) is 0 Å². The first-order valence-corrected chi connectivity index (χ1v) is 7.37. The molecule has 0 heterocycles. The maximum atomic E-state index is 11.8. The average molecular weight is 277 g/mol. The molecule has 0 fully saturated rings. The predicted octanol–water partition coefficient (Wildman–Crippen LogP) is 2.35. The molecule has 1 aromatic carbocycles. The predicted molar refractivity (Wildman–Crippen MR) is 77.7 cm³/mol. The summed E-state index contributed by atoms with van der Waals surface area (Å²) in [5, 5.41) is 12.8. The fraction of sp³-hybridized carbons (Fsp3) is 0.562. The zero-order chi connectivity index (χ0) is 14.5. The van der Waals surface area contributed by atoms with Gasteiger partial charge in [-0.1, -0.05) is 26.0 Å². The maximum Gasteiger partial charge on any atom is 0.258 e. The second-order valence-corrected chi connectivity index (χ2v) is 5.25. The van der Waals surface area contributed by atoms with Crippen LogP contribution >= 0.6 is 0 Å². The Labute approximate surface area is 120 Å². The van der Waals surface area contributed by atoms with Crippen molar-refractivity contribution >= 4 is 5.91 Å². The van der Waals surface area contributed by atoms with E-state index in [1.807, 2.05) is 18.2 Å². The lowest BCUT2D eigenvalue weighted by atomic mass is 10.1. The second-order valence-electron chi connectivity index (χ2n) is 5.25. The highest BCUT2D eigenvalue weighted by Gasteiger charge is 2.23. The lowest BCUT2D eigenvalue weighted by molar-refractivity contribution is -0.123. The van der Waals surface area contributed by atoms with Crippen molar-refractivity contribution in [1.82, 2.24) is 5.32 Å². The molecular formula is C16H23NO3. The highest BCUT2D eigenvalue weighted by atomic mass is 16.5. The number of ether oxygens (including phenoxy) is 1. The molecule has 2 N–H and O–H groups in total. The summed E-state index contributed by atoms with van der Waals surface area (Å²) in [6, 6.07) is 5.86. The SMILES string of the molecule is CCC(CC)NC(=O)COc1cccc2c1CCC2O. The van der Waals surface area contributed by atoms with Crippen LogP contribution in [0, 0.1) is 0 Å². The maximum absolute atomic E-state index is 11.8. The molecule has 0 aliphatic heterocycles. The number of carbonyl (C=O) groups excluding carboxylic acids is 1. The molecule has 1 amide bonds. The van der Waals surface area contributed by atoms with Crippen LogP contribution in [0.4, 0.5) is 0 Å². The summed E-state index contributed by atoms with van der Waals surface area (Å²) in [6.45, 7) is 4.14. The molecule has 1 unspecified atom stereocenters. The third-order valence-corrected chi connectivity index (χ3v) is 3.91. The van der Waals surface area contributed by atoms with Crippen LogP contribution in [0.15, 0.2) is 18.2 Å². The van der Waals surface area contributed by atoms with Gasteiger partial charge in [0, 0.05) is 11.6 Å². The Kier molecular flexibility index (Phi) is 5.01. The van der Waals surface area contributed by atoms with E-state index in [2.05, 4.69) is 19.2 Å². The quantitative estimate of drug-likeness (QED) is 0.839. The third kappa shape index (κ3) is 3.31. The Bertz CT molecular complexity index is 469. The number of rotatable bonds is 6. The lowest BCUT2D eigenvalue weighted by Gasteiger charge is -2.16. The average Bonchev–Trinajstić information content (AvgIpc) is 2.85. The standard InChI is InChI=1S/C16H23NO3/c1-3-11(4-2)17-16(19)10-20-15-7-5-6-12-13(15)8-9-14(12)18/h5-7,11,14,18H,3-4,8-10H2,1-2H3,(H,17,19). The molecule has 4 heteroatoms. The number of aliphatic hydroxyl groups excluding tert-OH is 1. The van der Waals surface area contributed by atoms with Gasteiger partial charge in [0.15, 0.2) is 6.61 Å². The van der Waals surface area contributed by atoms with Gasteiger partial charge in [0.1, 0.15) is 5.75 Å². The second kappa shape index (κ2) is 6.75. The summed E-state index contributed by atoms with van der Waals surface area (Å²) < 4.78 is 5.63. The highest BCUT2D eigenvalue weighted by Crippen LogP contribution is 2.36. The number of aliphatic hydroxyl groups is 1. The van der Waals surface area contributed by atoms with E-state index in [0.29, 0.717) is 0 Å². The Morgan fingerprint density at radius 1 is 1.45 bits per heavy atom. The fourth-order valence-electron chi connectivity index (χ4n) is 2.64. The number of fused-ring (bicyclic) bond motifs is 1. The normalized spacial score (nSPS) is 17.1. The van der Waals surface area contributed by atoms with Crippen molar-refractivity contribution in [3.8, 4) is 5.75 Å². The fourth-order valence-corrected chi connectivity index (χ4v) is 2.64. The van der Waals surface area contributed by atoms with Gasteiger partial charge in [0.25, 0.3) is 5.91 Å². The van der Waals surface area contributed by atoms with Crippen LogP contribution in [0.1, 0.15) is 50.3 Å². The van der Waals surface area contributed by atoms with Gasteiger partial charge in [0.2, 0.25) is 0 Å². The topological polar surface area (TPSA) is 58.6 Å². The zero-order valence-corrected chi connectivity index (χ0v) is 12.2. The number of hydrogen-bond acceptors (Lipinski definition) is 3. The summed E-state index contributed by atoms with van der Waals surface area (Å²) in [4.78, 5) is 11.8. The van der Waals surface area contributed by atoms with Crippen LogP contribution in [0.25, 0.3) is 0 Å². The molecule has 110 valence electrons. The lowest BCUT2D eigenvalue weighted by Crippen LogP contribution is -2.37.